The molecular weight excluding hydrogens is 283 g/mol. The molecule has 0 aliphatic heterocycles. The van der Waals surface area contributed by atoms with Crippen LogP contribution in [0.2, 0.25) is 0 Å². The Morgan fingerprint density at radius 3 is 2.54 bits per heavy atom. The van der Waals surface area contributed by atoms with Crippen LogP contribution in [0.5, 0.6) is 5.75 Å². The number of ether oxygens (including phenoxy) is 2. The van der Waals surface area contributed by atoms with Crippen molar-refractivity contribution in [3.05, 3.63) is 27.3 Å². The van der Waals surface area contributed by atoms with Crippen molar-refractivity contribution in [2.24, 2.45) is 0 Å². The Kier molecular flexibility index (Phi) is 3.53. The van der Waals surface area contributed by atoms with Crippen molar-refractivity contribution < 1.29 is 14.3 Å². The smallest absolute Gasteiger partial charge is 0.338 e. The maximum Gasteiger partial charge on any atom is 0.338 e. The van der Waals surface area contributed by atoms with E-state index in [0.717, 1.165) is 9.32 Å². The Balaban J connectivity index is 3.05. The molecule has 0 unspecified atom stereocenters. The van der Waals surface area contributed by atoms with Gasteiger partial charge in [-0.3, -0.25) is 0 Å². The number of benzene rings is 1. The summed E-state index contributed by atoms with van der Waals surface area (Å²) in [6.07, 6.45) is 0. The van der Waals surface area contributed by atoms with E-state index in [4.69, 9.17) is 4.74 Å². The molecule has 3 nitrogen and oxygen atoms in total. The molecule has 0 fully saturated rings. The molecule has 0 spiro atoms. The summed E-state index contributed by atoms with van der Waals surface area (Å²) in [6.45, 7) is 0. The highest BCUT2D eigenvalue weighted by Crippen LogP contribution is 2.19. The van der Waals surface area contributed by atoms with E-state index in [1.54, 1.807) is 25.3 Å². The second kappa shape index (κ2) is 4.45. The molecule has 70 valence electrons. The number of carbonyl (C=O) groups excluding carboxylic acids is 1. The van der Waals surface area contributed by atoms with Gasteiger partial charge < -0.3 is 9.47 Å². The second-order valence-corrected chi connectivity index (χ2v) is 3.50. The van der Waals surface area contributed by atoms with Crippen LogP contribution in [0.1, 0.15) is 10.4 Å². The summed E-state index contributed by atoms with van der Waals surface area (Å²) in [5, 5.41) is 0. The molecular formula is C9H9IO3. The van der Waals surface area contributed by atoms with Gasteiger partial charge in [0, 0.05) is 3.57 Å². The van der Waals surface area contributed by atoms with E-state index in [-0.39, 0.29) is 5.97 Å². The summed E-state index contributed by atoms with van der Waals surface area (Å²) in [5.74, 6) is 0.407. The molecule has 0 aromatic heterocycles. The molecule has 1 rings (SSSR count). The summed E-state index contributed by atoms with van der Waals surface area (Å²) in [6, 6.07) is 5.20. The molecule has 0 amide bonds. The van der Waals surface area contributed by atoms with Crippen LogP contribution in [0.25, 0.3) is 0 Å². The Morgan fingerprint density at radius 1 is 1.38 bits per heavy atom. The van der Waals surface area contributed by atoms with Gasteiger partial charge in [0.15, 0.2) is 0 Å². The number of hydrogen-bond donors (Lipinski definition) is 0. The highest BCUT2D eigenvalue weighted by Gasteiger charge is 2.09. The first-order valence-corrected chi connectivity index (χ1v) is 4.68. The van der Waals surface area contributed by atoms with Gasteiger partial charge in [0.25, 0.3) is 0 Å². The number of halogens is 1. The highest BCUT2D eigenvalue weighted by molar-refractivity contribution is 14.1. The zero-order chi connectivity index (χ0) is 9.84. The van der Waals surface area contributed by atoms with Gasteiger partial charge in [0.1, 0.15) is 5.75 Å². The highest BCUT2D eigenvalue weighted by atomic mass is 127. The van der Waals surface area contributed by atoms with Crippen LogP contribution in [0, 0.1) is 3.57 Å². The first-order chi connectivity index (χ1) is 6.19. The topological polar surface area (TPSA) is 35.5 Å². The fraction of sp³-hybridized carbons (Fsp3) is 0.222. The van der Waals surface area contributed by atoms with Gasteiger partial charge in [0.2, 0.25) is 0 Å². The lowest BCUT2D eigenvalue weighted by Crippen LogP contribution is -2.03. The number of methoxy groups -OCH3 is 2. The standard InChI is InChI=1S/C9H9IO3/c1-12-6-3-4-7(8(10)5-6)9(11)13-2/h3-5H,1-2H3. The molecule has 0 bridgehead atoms. The van der Waals surface area contributed by atoms with Gasteiger partial charge in [-0.15, -0.1) is 0 Å². The zero-order valence-electron chi connectivity index (χ0n) is 7.33. The molecule has 1 aromatic rings. The van der Waals surface area contributed by atoms with E-state index in [1.165, 1.54) is 7.11 Å². The molecule has 0 heterocycles. The minimum Gasteiger partial charge on any atom is -0.497 e. The molecule has 0 saturated heterocycles. The summed E-state index contributed by atoms with van der Waals surface area (Å²) in [4.78, 5) is 11.2. The fourth-order valence-corrected chi connectivity index (χ4v) is 1.61. The van der Waals surface area contributed by atoms with E-state index in [0.29, 0.717) is 5.56 Å². The van der Waals surface area contributed by atoms with Crippen LogP contribution in [-0.2, 0) is 4.74 Å². The Hall–Kier alpha value is -0.780. The molecule has 0 atom stereocenters. The second-order valence-electron chi connectivity index (χ2n) is 2.34. The van der Waals surface area contributed by atoms with Crippen molar-refractivity contribution in [3.8, 4) is 5.75 Å². The molecule has 0 N–H and O–H groups in total. The van der Waals surface area contributed by atoms with E-state index in [2.05, 4.69) is 27.3 Å². The van der Waals surface area contributed by atoms with E-state index in [1.807, 2.05) is 0 Å². The van der Waals surface area contributed by atoms with Gasteiger partial charge in [-0.25, -0.2) is 4.79 Å². The molecule has 4 heteroatoms. The van der Waals surface area contributed by atoms with Crippen molar-refractivity contribution in [2.45, 2.75) is 0 Å². The third kappa shape index (κ3) is 2.33. The Morgan fingerprint density at radius 2 is 2.08 bits per heavy atom. The maximum absolute atomic E-state index is 11.2. The molecule has 0 saturated carbocycles. The first kappa shape index (κ1) is 10.3. The van der Waals surface area contributed by atoms with Crippen LogP contribution in [0.15, 0.2) is 18.2 Å². The fourth-order valence-electron chi connectivity index (χ4n) is 0.898. The van der Waals surface area contributed by atoms with Crippen molar-refractivity contribution in [1.82, 2.24) is 0 Å². The van der Waals surface area contributed by atoms with Gasteiger partial charge >= 0.3 is 5.97 Å². The van der Waals surface area contributed by atoms with Crippen molar-refractivity contribution >= 4 is 28.6 Å². The van der Waals surface area contributed by atoms with Crippen LogP contribution in [0.3, 0.4) is 0 Å². The molecule has 1 aromatic carbocycles. The molecule has 0 aliphatic carbocycles. The molecule has 0 radical (unpaired) electrons. The summed E-state index contributed by atoms with van der Waals surface area (Å²) < 4.78 is 10.4. The minimum atomic E-state index is -0.327. The number of carbonyl (C=O) groups is 1. The largest absolute Gasteiger partial charge is 0.497 e. The predicted molar refractivity (Wildman–Crippen MR) is 57.1 cm³/mol. The van der Waals surface area contributed by atoms with Crippen LogP contribution >= 0.6 is 22.6 Å². The SMILES string of the molecule is COC(=O)c1ccc(OC)cc1I. The predicted octanol–water partition coefficient (Wildman–Crippen LogP) is 2.09. The number of esters is 1. The third-order valence-corrected chi connectivity index (χ3v) is 2.47. The van der Waals surface area contributed by atoms with Crippen LogP contribution in [-0.4, -0.2) is 20.2 Å². The maximum atomic E-state index is 11.2. The summed E-state index contributed by atoms with van der Waals surface area (Å²) in [5.41, 5.74) is 0.559. The normalized spacial score (nSPS) is 9.46. The first-order valence-electron chi connectivity index (χ1n) is 3.61. The van der Waals surface area contributed by atoms with Gasteiger partial charge in [-0.05, 0) is 40.8 Å². The summed E-state index contributed by atoms with van der Waals surface area (Å²) >= 11 is 2.07. The van der Waals surface area contributed by atoms with Gasteiger partial charge in [-0.2, -0.15) is 0 Å². The monoisotopic (exact) mass is 292 g/mol. The van der Waals surface area contributed by atoms with Gasteiger partial charge in [0.05, 0.1) is 19.8 Å². The van der Waals surface area contributed by atoms with Crippen molar-refractivity contribution in [3.63, 3.8) is 0 Å². The molecule has 13 heavy (non-hydrogen) atoms. The average molecular weight is 292 g/mol. The zero-order valence-corrected chi connectivity index (χ0v) is 9.49. The van der Waals surface area contributed by atoms with Gasteiger partial charge in [-0.1, -0.05) is 0 Å². The van der Waals surface area contributed by atoms with Crippen molar-refractivity contribution in [1.29, 1.82) is 0 Å². The quantitative estimate of drug-likeness (QED) is 0.618. The lowest BCUT2D eigenvalue weighted by atomic mass is 10.2. The summed E-state index contributed by atoms with van der Waals surface area (Å²) in [7, 11) is 2.95. The number of rotatable bonds is 2. The molecule has 0 aliphatic rings. The van der Waals surface area contributed by atoms with E-state index in [9.17, 15) is 4.79 Å². The van der Waals surface area contributed by atoms with Crippen LogP contribution in [0.4, 0.5) is 0 Å². The minimum absolute atomic E-state index is 0.327. The lowest BCUT2D eigenvalue weighted by Gasteiger charge is -2.04. The van der Waals surface area contributed by atoms with E-state index >= 15 is 0 Å². The Bertz CT molecular complexity index is 323. The lowest BCUT2D eigenvalue weighted by molar-refractivity contribution is 0.0599. The van der Waals surface area contributed by atoms with E-state index < -0.39 is 0 Å². The van der Waals surface area contributed by atoms with Crippen LogP contribution < -0.4 is 4.74 Å². The Labute approximate surface area is 90.2 Å². The number of hydrogen-bond acceptors (Lipinski definition) is 3. The van der Waals surface area contributed by atoms with Crippen molar-refractivity contribution in [2.75, 3.05) is 14.2 Å². The average Bonchev–Trinajstić information content (AvgIpc) is 2.16. The third-order valence-electron chi connectivity index (χ3n) is 1.58.